The lowest BCUT2D eigenvalue weighted by atomic mass is 10.2. The first kappa shape index (κ1) is 12.3. The van der Waals surface area contributed by atoms with Crippen molar-refractivity contribution in [1.29, 1.82) is 0 Å². The molecule has 0 bridgehead atoms. The lowest BCUT2D eigenvalue weighted by Gasteiger charge is -2.16. The third-order valence-electron chi connectivity index (χ3n) is 1.77. The molecule has 1 aromatic rings. The minimum atomic E-state index is -4.10. The Morgan fingerprint density at radius 1 is 1.50 bits per heavy atom. The molecule has 0 aromatic heterocycles. The van der Waals surface area contributed by atoms with Gasteiger partial charge in [0.05, 0.1) is 0 Å². The van der Waals surface area contributed by atoms with Crippen LogP contribution in [0.1, 0.15) is 5.56 Å². The van der Waals surface area contributed by atoms with Gasteiger partial charge in [0, 0.05) is 0 Å². The topological polar surface area (TPSA) is 64.3 Å². The summed E-state index contributed by atoms with van der Waals surface area (Å²) in [5.74, 6) is 1.88. The Morgan fingerprint density at radius 2 is 2.12 bits per heavy atom. The predicted octanol–water partition coefficient (Wildman–Crippen LogP) is 1.10. The quantitative estimate of drug-likeness (QED) is 0.467. The van der Waals surface area contributed by atoms with Gasteiger partial charge < -0.3 is 4.74 Å². The van der Waals surface area contributed by atoms with Crippen molar-refractivity contribution in [3.63, 3.8) is 0 Å². The normalized spacial score (nSPS) is 11.1. The van der Waals surface area contributed by atoms with Gasteiger partial charge in [-0.3, -0.25) is 10.2 Å². The molecule has 0 aliphatic heterocycles. The van der Waals surface area contributed by atoms with Crippen molar-refractivity contribution in [1.82, 2.24) is 5.43 Å². The van der Waals surface area contributed by atoms with Crippen LogP contribution in [0, 0.1) is 12.7 Å². The summed E-state index contributed by atoms with van der Waals surface area (Å²) < 4.78 is 42.8. The van der Waals surface area contributed by atoms with Gasteiger partial charge in [-0.05, 0) is 30.7 Å². The lowest BCUT2D eigenvalue weighted by molar-refractivity contribution is -0.192. The van der Waals surface area contributed by atoms with Crippen LogP contribution in [-0.2, 0) is 4.79 Å². The molecule has 0 atom stereocenters. The van der Waals surface area contributed by atoms with E-state index in [1.54, 1.807) is 0 Å². The fourth-order valence-corrected chi connectivity index (χ4v) is 0.959. The molecule has 7 heteroatoms. The Balaban J connectivity index is 2.88. The maximum atomic E-state index is 12.9. The number of nitrogens with two attached hydrogens (primary N) is 1. The van der Waals surface area contributed by atoms with Crippen LogP contribution >= 0.6 is 0 Å². The molecule has 0 aliphatic carbocycles. The second-order valence-electron chi connectivity index (χ2n) is 3.00. The molecule has 0 unspecified atom stereocenters. The summed E-state index contributed by atoms with van der Waals surface area (Å²) in [5.41, 5.74) is 1.39. The molecule has 1 rings (SSSR count). The number of halogens is 3. The first-order valence-corrected chi connectivity index (χ1v) is 4.21. The minimum absolute atomic E-state index is 0.126. The van der Waals surface area contributed by atoms with E-state index in [2.05, 4.69) is 10.6 Å². The summed E-state index contributed by atoms with van der Waals surface area (Å²) >= 11 is 0. The van der Waals surface area contributed by atoms with E-state index in [1.807, 2.05) is 0 Å². The van der Waals surface area contributed by atoms with E-state index in [1.165, 1.54) is 12.3 Å². The molecular weight excluding hydrogens is 225 g/mol. The zero-order valence-corrected chi connectivity index (χ0v) is 8.26. The first-order valence-electron chi connectivity index (χ1n) is 4.21. The fourth-order valence-electron chi connectivity index (χ4n) is 0.959. The van der Waals surface area contributed by atoms with Crippen molar-refractivity contribution in [2.24, 2.45) is 5.84 Å². The average Bonchev–Trinajstić information content (AvgIpc) is 2.22. The van der Waals surface area contributed by atoms with Gasteiger partial charge in [0.2, 0.25) is 0 Å². The predicted molar refractivity (Wildman–Crippen MR) is 49.0 cm³/mol. The number of rotatable bonds is 3. The second kappa shape index (κ2) is 4.40. The monoisotopic (exact) mass is 234 g/mol. The molecule has 1 aromatic carbocycles. The molecule has 3 N–H and O–H groups in total. The number of hydrogen-bond donors (Lipinski definition) is 2. The van der Waals surface area contributed by atoms with Gasteiger partial charge in [0.25, 0.3) is 0 Å². The summed E-state index contributed by atoms with van der Waals surface area (Å²) in [6, 6.07) is 2.99. The molecule has 0 fully saturated rings. The Hall–Kier alpha value is -1.76. The van der Waals surface area contributed by atoms with Crippen LogP contribution in [0.25, 0.3) is 0 Å². The van der Waals surface area contributed by atoms with Crippen molar-refractivity contribution in [3.05, 3.63) is 29.6 Å². The summed E-state index contributed by atoms with van der Waals surface area (Å²) in [6.07, 6.45) is -4.10. The summed E-state index contributed by atoms with van der Waals surface area (Å²) in [5, 5.41) is 0. The molecular formula is C9H9F3N2O2. The number of ether oxygens (including phenoxy) is 1. The molecule has 0 saturated heterocycles. The van der Waals surface area contributed by atoms with E-state index in [0.29, 0.717) is 0 Å². The van der Waals surface area contributed by atoms with Gasteiger partial charge in [-0.15, -0.1) is 0 Å². The molecule has 1 amide bonds. The zero-order valence-electron chi connectivity index (χ0n) is 8.26. The Labute approximate surface area is 89.2 Å². The molecule has 0 aliphatic rings. The van der Waals surface area contributed by atoms with E-state index in [4.69, 9.17) is 0 Å². The number of hydrazine groups is 1. The maximum Gasteiger partial charge on any atom is 0.483 e. The molecule has 4 nitrogen and oxygen atoms in total. The highest BCUT2D eigenvalue weighted by Crippen LogP contribution is 2.23. The van der Waals surface area contributed by atoms with Crippen LogP contribution in [-0.4, -0.2) is 12.0 Å². The summed E-state index contributed by atoms with van der Waals surface area (Å²) in [6.45, 7) is 1.38. The third kappa shape index (κ3) is 2.63. The number of carbonyl (C=O) groups excluding carboxylic acids is 1. The summed E-state index contributed by atoms with van der Waals surface area (Å²) in [7, 11) is 0. The zero-order chi connectivity index (χ0) is 12.3. The van der Waals surface area contributed by atoms with Gasteiger partial charge in [-0.1, -0.05) is 0 Å². The minimum Gasteiger partial charge on any atom is -0.425 e. The van der Waals surface area contributed by atoms with E-state index in [9.17, 15) is 18.0 Å². The Bertz CT molecular complexity index is 410. The first-order chi connectivity index (χ1) is 7.36. The van der Waals surface area contributed by atoms with Crippen molar-refractivity contribution in [2.75, 3.05) is 0 Å². The van der Waals surface area contributed by atoms with E-state index < -0.39 is 17.8 Å². The van der Waals surface area contributed by atoms with Crippen LogP contribution in [0.5, 0.6) is 5.75 Å². The number of carbonyl (C=O) groups is 1. The van der Waals surface area contributed by atoms with E-state index in [0.717, 1.165) is 18.2 Å². The van der Waals surface area contributed by atoms with Crippen LogP contribution in [0.4, 0.5) is 13.2 Å². The Morgan fingerprint density at radius 3 is 2.62 bits per heavy atom. The van der Waals surface area contributed by atoms with Crippen molar-refractivity contribution >= 4 is 5.91 Å². The van der Waals surface area contributed by atoms with Gasteiger partial charge in [-0.25, -0.2) is 10.2 Å². The number of aryl methyl sites for hydroxylation is 1. The smallest absolute Gasteiger partial charge is 0.425 e. The van der Waals surface area contributed by atoms with E-state index in [-0.39, 0.29) is 11.3 Å². The number of amides is 1. The van der Waals surface area contributed by atoms with Crippen molar-refractivity contribution in [3.8, 4) is 5.75 Å². The number of alkyl halides is 2. The largest absolute Gasteiger partial charge is 0.483 e. The maximum absolute atomic E-state index is 12.9. The van der Waals surface area contributed by atoms with Gasteiger partial charge >= 0.3 is 12.0 Å². The van der Waals surface area contributed by atoms with E-state index >= 15 is 0 Å². The molecule has 88 valence electrons. The standard InChI is InChI=1S/C9H9F3N2O2/c1-5-4-6(2-3-7(5)10)16-9(11,12)8(15)14-13/h2-4H,13H2,1H3,(H,14,15). The van der Waals surface area contributed by atoms with Crippen molar-refractivity contribution < 1.29 is 22.7 Å². The van der Waals surface area contributed by atoms with Gasteiger partial charge in [-0.2, -0.15) is 8.78 Å². The lowest BCUT2D eigenvalue weighted by Crippen LogP contribution is -2.47. The molecule has 0 saturated carbocycles. The van der Waals surface area contributed by atoms with Gasteiger partial charge in [0.15, 0.2) is 0 Å². The van der Waals surface area contributed by atoms with Crippen LogP contribution in [0.2, 0.25) is 0 Å². The van der Waals surface area contributed by atoms with Crippen molar-refractivity contribution in [2.45, 2.75) is 13.0 Å². The molecule has 0 spiro atoms. The van der Waals surface area contributed by atoms with Crippen LogP contribution < -0.4 is 16.0 Å². The average molecular weight is 234 g/mol. The fraction of sp³-hybridized carbons (Fsp3) is 0.222. The highest BCUT2D eigenvalue weighted by atomic mass is 19.3. The second-order valence-corrected chi connectivity index (χ2v) is 3.00. The van der Waals surface area contributed by atoms with Crippen LogP contribution in [0.3, 0.4) is 0 Å². The number of benzene rings is 1. The third-order valence-corrected chi connectivity index (χ3v) is 1.77. The highest BCUT2D eigenvalue weighted by molar-refractivity contribution is 5.81. The molecule has 0 heterocycles. The summed E-state index contributed by atoms with van der Waals surface area (Å²) in [4.78, 5) is 10.6. The highest BCUT2D eigenvalue weighted by Gasteiger charge is 2.41. The number of hydrogen-bond acceptors (Lipinski definition) is 3. The molecule has 16 heavy (non-hydrogen) atoms. The number of nitrogens with one attached hydrogen (secondary N) is 1. The SMILES string of the molecule is Cc1cc(OC(F)(F)C(=O)NN)ccc1F. The molecule has 0 radical (unpaired) electrons. The van der Waals surface area contributed by atoms with Gasteiger partial charge in [0.1, 0.15) is 11.6 Å². The van der Waals surface area contributed by atoms with Crippen LogP contribution in [0.15, 0.2) is 18.2 Å². The Kier molecular flexibility index (Phi) is 3.38.